The van der Waals surface area contributed by atoms with Crippen molar-refractivity contribution in [2.45, 2.75) is 32.8 Å². The van der Waals surface area contributed by atoms with Crippen LogP contribution in [0.25, 0.3) is 0 Å². The minimum absolute atomic E-state index is 0.137. The van der Waals surface area contributed by atoms with E-state index in [1.54, 1.807) is 19.1 Å². The van der Waals surface area contributed by atoms with E-state index in [1.165, 1.54) is 0 Å². The average molecular weight is 329 g/mol. The number of carbonyl (C=O) groups excluding carboxylic acids is 1. The molecule has 0 radical (unpaired) electrons. The summed E-state index contributed by atoms with van der Waals surface area (Å²) in [5.41, 5.74) is 0.789. The van der Waals surface area contributed by atoms with Crippen LogP contribution in [0.2, 0.25) is 0 Å². The Morgan fingerprint density at radius 2 is 1.89 bits per heavy atom. The Morgan fingerprint density at radius 3 is 2.37 bits per heavy atom. The summed E-state index contributed by atoms with van der Waals surface area (Å²) in [6, 6.07) is 7.20. The van der Waals surface area contributed by atoms with E-state index in [0.717, 1.165) is 10.0 Å². The largest absolute Gasteiger partial charge is 0.481 e. The molecule has 4 nitrogen and oxygen atoms in total. The van der Waals surface area contributed by atoms with E-state index in [-0.39, 0.29) is 12.5 Å². The third-order valence-electron chi connectivity index (χ3n) is 2.83. The maximum Gasteiger partial charge on any atom is 0.320 e. The Bertz CT molecular complexity index is 441. The first-order chi connectivity index (χ1) is 8.93. The lowest BCUT2D eigenvalue weighted by molar-refractivity contribution is -0.161. The monoisotopic (exact) mass is 328 g/mol. The van der Waals surface area contributed by atoms with Gasteiger partial charge in [0.25, 0.3) is 0 Å². The van der Waals surface area contributed by atoms with Crippen molar-refractivity contribution < 1.29 is 19.4 Å². The Balaban J connectivity index is 2.75. The summed E-state index contributed by atoms with van der Waals surface area (Å²) in [7, 11) is 0. The van der Waals surface area contributed by atoms with Gasteiger partial charge >= 0.3 is 11.9 Å². The molecule has 0 saturated heterocycles. The number of carboxylic acids is 1. The van der Waals surface area contributed by atoms with Gasteiger partial charge in [0.1, 0.15) is 0 Å². The number of halogens is 1. The molecule has 0 aliphatic carbocycles. The van der Waals surface area contributed by atoms with Crippen molar-refractivity contribution in [1.29, 1.82) is 0 Å². The standard InChI is InChI=1S/C14H17BrO4/c1-3-9(2)19-14(18)12(13(16)17)8-10-4-6-11(15)7-5-10/h4-7,9,12H,3,8H2,1-2H3,(H,16,17). The third kappa shape index (κ3) is 5.03. The molecule has 0 aliphatic heterocycles. The number of hydrogen-bond donors (Lipinski definition) is 1. The van der Waals surface area contributed by atoms with Gasteiger partial charge in [-0.1, -0.05) is 35.0 Å². The van der Waals surface area contributed by atoms with Crippen molar-refractivity contribution >= 4 is 27.9 Å². The van der Waals surface area contributed by atoms with Crippen LogP contribution in [0.1, 0.15) is 25.8 Å². The van der Waals surface area contributed by atoms with Crippen molar-refractivity contribution in [3.63, 3.8) is 0 Å². The second-order valence-corrected chi connectivity index (χ2v) is 5.29. The van der Waals surface area contributed by atoms with Crippen LogP contribution in [-0.2, 0) is 20.7 Å². The highest BCUT2D eigenvalue weighted by Crippen LogP contribution is 2.16. The van der Waals surface area contributed by atoms with E-state index < -0.39 is 17.9 Å². The van der Waals surface area contributed by atoms with Crippen molar-refractivity contribution in [3.8, 4) is 0 Å². The zero-order chi connectivity index (χ0) is 14.4. The highest BCUT2D eigenvalue weighted by atomic mass is 79.9. The highest BCUT2D eigenvalue weighted by Gasteiger charge is 2.29. The van der Waals surface area contributed by atoms with Gasteiger partial charge in [-0.05, 0) is 37.5 Å². The van der Waals surface area contributed by atoms with Gasteiger partial charge in [-0.25, -0.2) is 0 Å². The van der Waals surface area contributed by atoms with Crippen LogP contribution in [0, 0.1) is 5.92 Å². The van der Waals surface area contributed by atoms with Crippen molar-refractivity contribution in [3.05, 3.63) is 34.3 Å². The fourth-order valence-electron chi connectivity index (χ4n) is 1.49. The molecule has 104 valence electrons. The summed E-state index contributed by atoms with van der Waals surface area (Å²) in [5, 5.41) is 9.14. The van der Waals surface area contributed by atoms with Gasteiger partial charge in [0.05, 0.1) is 6.10 Å². The predicted octanol–water partition coefficient (Wildman–Crippen LogP) is 3.03. The molecular weight excluding hydrogens is 312 g/mol. The minimum atomic E-state index is -1.16. The molecule has 19 heavy (non-hydrogen) atoms. The molecule has 5 heteroatoms. The summed E-state index contributed by atoms with van der Waals surface area (Å²) in [5.74, 6) is -2.99. The van der Waals surface area contributed by atoms with Gasteiger partial charge in [0.15, 0.2) is 5.92 Å². The van der Waals surface area contributed by atoms with Gasteiger partial charge in [-0.3, -0.25) is 9.59 Å². The van der Waals surface area contributed by atoms with Crippen LogP contribution in [0.15, 0.2) is 28.7 Å². The first-order valence-corrected chi connectivity index (χ1v) is 6.91. The summed E-state index contributed by atoms with van der Waals surface area (Å²) < 4.78 is 6.00. The summed E-state index contributed by atoms with van der Waals surface area (Å²) >= 11 is 3.30. The second kappa shape index (κ2) is 7.28. The lowest BCUT2D eigenvalue weighted by Crippen LogP contribution is -2.30. The maximum absolute atomic E-state index is 11.8. The van der Waals surface area contributed by atoms with Crippen LogP contribution >= 0.6 is 15.9 Å². The van der Waals surface area contributed by atoms with E-state index in [4.69, 9.17) is 9.84 Å². The Labute approximate surface area is 120 Å². The molecule has 2 atom stereocenters. The normalized spacial score (nSPS) is 13.6. The zero-order valence-corrected chi connectivity index (χ0v) is 12.5. The molecule has 1 aromatic carbocycles. The number of carboxylic acid groups (broad SMARTS) is 1. The van der Waals surface area contributed by atoms with Gasteiger partial charge in [-0.15, -0.1) is 0 Å². The number of rotatable bonds is 6. The van der Waals surface area contributed by atoms with Crippen LogP contribution in [0.4, 0.5) is 0 Å². The minimum Gasteiger partial charge on any atom is -0.481 e. The third-order valence-corrected chi connectivity index (χ3v) is 3.36. The highest BCUT2D eigenvalue weighted by molar-refractivity contribution is 9.10. The van der Waals surface area contributed by atoms with Crippen molar-refractivity contribution in [1.82, 2.24) is 0 Å². The fourth-order valence-corrected chi connectivity index (χ4v) is 1.76. The summed E-state index contributed by atoms with van der Waals surface area (Å²) in [6.45, 7) is 3.62. The van der Waals surface area contributed by atoms with E-state index in [9.17, 15) is 9.59 Å². The topological polar surface area (TPSA) is 63.6 Å². The van der Waals surface area contributed by atoms with Crippen LogP contribution < -0.4 is 0 Å². The van der Waals surface area contributed by atoms with Crippen molar-refractivity contribution in [2.24, 2.45) is 5.92 Å². The Hall–Kier alpha value is -1.36. The Morgan fingerprint density at radius 1 is 1.32 bits per heavy atom. The number of ether oxygens (including phenoxy) is 1. The lowest BCUT2D eigenvalue weighted by atomic mass is 9.99. The summed E-state index contributed by atoms with van der Waals surface area (Å²) in [6.07, 6.45) is 0.535. The van der Waals surface area contributed by atoms with Crippen molar-refractivity contribution in [2.75, 3.05) is 0 Å². The molecule has 0 saturated carbocycles. The van der Waals surface area contributed by atoms with E-state index in [2.05, 4.69) is 15.9 Å². The molecule has 0 fully saturated rings. The molecule has 0 heterocycles. The second-order valence-electron chi connectivity index (χ2n) is 4.38. The molecule has 2 unspecified atom stereocenters. The molecule has 0 aromatic heterocycles. The molecule has 1 N–H and O–H groups in total. The van der Waals surface area contributed by atoms with Gasteiger partial charge in [0.2, 0.25) is 0 Å². The van der Waals surface area contributed by atoms with E-state index in [1.807, 2.05) is 19.1 Å². The molecular formula is C14H17BrO4. The SMILES string of the molecule is CCC(C)OC(=O)C(Cc1ccc(Br)cc1)C(=O)O. The first-order valence-electron chi connectivity index (χ1n) is 6.11. The Kier molecular flexibility index (Phi) is 6.02. The number of hydrogen-bond acceptors (Lipinski definition) is 3. The number of carbonyl (C=O) groups is 2. The molecule has 1 rings (SSSR count). The smallest absolute Gasteiger partial charge is 0.320 e. The summed E-state index contributed by atoms with van der Waals surface area (Å²) in [4.78, 5) is 23.0. The zero-order valence-electron chi connectivity index (χ0n) is 10.9. The molecule has 0 spiro atoms. The number of benzene rings is 1. The van der Waals surface area contributed by atoms with Crippen LogP contribution in [0.3, 0.4) is 0 Å². The molecule has 1 aromatic rings. The quantitative estimate of drug-likeness (QED) is 0.644. The number of esters is 1. The lowest BCUT2D eigenvalue weighted by Gasteiger charge is -2.16. The average Bonchev–Trinajstić information content (AvgIpc) is 2.37. The van der Waals surface area contributed by atoms with Crippen LogP contribution in [-0.4, -0.2) is 23.1 Å². The van der Waals surface area contributed by atoms with E-state index in [0.29, 0.717) is 6.42 Å². The van der Waals surface area contributed by atoms with Gasteiger partial charge in [-0.2, -0.15) is 0 Å². The molecule has 0 amide bonds. The number of aliphatic carboxylic acids is 1. The maximum atomic E-state index is 11.8. The van der Waals surface area contributed by atoms with E-state index >= 15 is 0 Å². The first kappa shape index (κ1) is 15.7. The fraction of sp³-hybridized carbons (Fsp3) is 0.429. The van der Waals surface area contributed by atoms with Crippen LogP contribution in [0.5, 0.6) is 0 Å². The van der Waals surface area contributed by atoms with Gasteiger partial charge in [0, 0.05) is 4.47 Å². The van der Waals surface area contributed by atoms with Gasteiger partial charge < -0.3 is 9.84 Å². The predicted molar refractivity (Wildman–Crippen MR) is 74.8 cm³/mol. The molecule has 0 bridgehead atoms. The molecule has 0 aliphatic rings.